The highest BCUT2D eigenvalue weighted by Crippen LogP contribution is 2.33. The molecule has 1 N–H and O–H groups in total. The smallest absolute Gasteiger partial charge is 0.349 e. The van der Waals surface area contributed by atoms with Crippen LogP contribution in [0.15, 0.2) is 10.3 Å². The first-order chi connectivity index (χ1) is 9.91. The molecule has 1 aromatic heterocycles. The van der Waals surface area contributed by atoms with E-state index in [0.717, 1.165) is 17.8 Å². The molecule has 1 aliphatic rings. The van der Waals surface area contributed by atoms with Crippen LogP contribution >= 0.6 is 11.3 Å². The summed E-state index contributed by atoms with van der Waals surface area (Å²) < 4.78 is 31.6. The molecule has 1 atom stereocenters. The van der Waals surface area contributed by atoms with Crippen molar-refractivity contribution in [3.8, 4) is 0 Å². The van der Waals surface area contributed by atoms with Crippen LogP contribution in [0.1, 0.15) is 28.1 Å². The van der Waals surface area contributed by atoms with Crippen molar-refractivity contribution in [3.63, 3.8) is 0 Å². The summed E-state index contributed by atoms with van der Waals surface area (Å²) >= 11 is 1.09. The minimum Gasteiger partial charge on any atom is -0.465 e. The third-order valence-electron chi connectivity index (χ3n) is 3.67. The minimum absolute atomic E-state index is 0.0590. The maximum Gasteiger partial charge on any atom is 0.349 e. The lowest BCUT2D eigenvalue weighted by Crippen LogP contribution is -2.30. The number of carbonyl (C=O) groups is 1. The van der Waals surface area contributed by atoms with E-state index in [4.69, 9.17) is 5.11 Å². The average Bonchev–Trinajstić information content (AvgIpc) is 3.05. The predicted octanol–water partition coefficient (Wildman–Crippen LogP) is 1.24. The molecule has 1 aliphatic heterocycles. The van der Waals surface area contributed by atoms with Crippen LogP contribution in [0.25, 0.3) is 0 Å². The van der Waals surface area contributed by atoms with Crippen molar-refractivity contribution >= 4 is 27.3 Å². The quantitative estimate of drug-likeness (QED) is 0.820. The first kappa shape index (κ1) is 16.4. The lowest BCUT2D eigenvalue weighted by Gasteiger charge is -2.17. The van der Waals surface area contributed by atoms with Gasteiger partial charge in [-0.25, -0.2) is 13.2 Å². The number of carbonyl (C=O) groups excluding carboxylic acids is 1. The number of esters is 1. The van der Waals surface area contributed by atoms with Gasteiger partial charge in [-0.05, 0) is 36.6 Å². The van der Waals surface area contributed by atoms with Crippen LogP contribution in [0, 0.1) is 12.8 Å². The molecule has 0 aromatic carbocycles. The molecule has 2 rings (SSSR count). The van der Waals surface area contributed by atoms with Crippen LogP contribution in [0.2, 0.25) is 0 Å². The molecule has 0 aliphatic carbocycles. The van der Waals surface area contributed by atoms with E-state index >= 15 is 0 Å². The zero-order valence-corrected chi connectivity index (χ0v) is 13.7. The summed E-state index contributed by atoms with van der Waals surface area (Å²) in [5.74, 6) is -0.455. The number of thiophene rings is 1. The number of rotatable bonds is 5. The summed E-state index contributed by atoms with van der Waals surface area (Å²) in [6, 6.07) is 0. The first-order valence-corrected chi connectivity index (χ1v) is 9.01. The van der Waals surface area contributed by atoms with Crippen LogP contribution in [-0.4, -0.2) is 50.6 Å². The van der Waals surface area contributed by atoms with Gasteiger partial charge < -0.3 is 9.84 Å². The maximum absolute atomic E-state index is 12.8. The van der Waals surface area contributed by atoms with Crippen molar-refractivity contribution in [2.45, 2.75) is 24.7 Å². The van der Waals surface area contributed by atoms with Crippen LogP contribution in [-0.2, 0) is 14.8 Å². The van der Waals surface area contributed by atoms with Crippen molar-refractivity contribution in [3.05, 3.63) is 15.8 Å². The first-order valence-electron chi connectivity index (χ1n) is 6.69. The van der Waals surface area contributed by atoms with Crippen LogP contribution in [0.3, 0.4) is 0 Å². The van der Waals surface area contributed by atoms with Gasteiger partial charge in [0, 0.05) is 19.7 Å². The third kappa shape index (κ3) is 3.13. The Morgan fingerprint density at radius 1 is 1.57 bits per heavy atom. The normalized spacial score (nSPS) is 19.9. The van der Waals surface area contributed by atoms with Gasteiger partial charge in [0.05, 0.1) is 7.11 Å². The number of hydrogen-bond acceptors (Lipinski definition) is 6. The van der Waals surface area contributed by atoms with Crippen molar-refractivity contribution < 1.29 is 23.1 Å². The van der Waals surface area contributed by atoms with Crippen molar-refractivity contribution in [2.75, 3.05) is 26.8 Å². The van der Waals surface area contributed by atoms with Gasteiger partial charge >= 0.3 is 5.97 Å². The number of aliphatic hydroxyl groups is 1. The second-order valence-electron chi connectivity index (χ2n) is 5.10. The predicted molar refractivity (Wildman–Crippen MR) is 79.0 cm³/mol. The summed E-state index contributed by atoms with van der Waals surface area (Å²) in [6.45, 7) is 2.54. The highest BCUT2D eigenvalue weighted by molar-refractivity contribution is 7.89. The standard InChI is InChI=1S/C13H19NO5S2/c1-9-8-20-11(13(16)19-2)12(9)21(17,18)14-5-3-10(7-14)4-6-15/h8,10,15H,3-7H2,1-2H3. The highest BCUT2D eigenvalue weighted by atomic mass is 32.2. The van der Waals surface area contributed by atoms with Gasteiger partial charge in [0.25, 0.3) is 0 Å². The number of sulfonamides is 1. The van der Waals surface area contributed by atoms with E-state index < -0.39 is 16.0 Å². The van der Waals surface area contributed by atoms with Gasteiger partial charge in [-0.1, -0.05) is 0 Å². The second kappa shape index (κ2) is 6.43. The fourth-order valence-corrected chi connectivity index (χ4v) is 5.74. The largest absolute Gasteiger partial charge is 0.465 e. The topological polar surface area (TPSA) is 83.9 Å². The van der Waals surface area contributed by atoms with Gasteiger partial charge in [0.15, 0.2) is 0 Å². The van der Waals surface area contributed by atoms with Crippen LogP contribution in [0.4, 0.5) is 0 Å². The van der Waals surface area contributed by atoms with Crippen molar-refractivity contribution in [1.82, 2.24) is 4.31 Å². The average molecular weight is 333 g/mol. The molecule has 0 spiro atoms. The SMILES string of the molecule is COC(=O)c1scc(C)c1S(=O)(=O)N1CCC(CCO)C1. The highest BCUT2D eigenvalue weighted by Gasteiger charge is 2.36. The lowest BCUT2D eigenvalue weighted by atomic mass is 10.1. The Hall–Kier alpha value is -0.960. The van der Waals surface area contributed by atoms with Gasteiger partial charge in [0.1, 0.15) is 9.77 Å². The lowest BCUT2D eigenvalue weighted by molar-refractivity contribution is 0.0602. The summed E-state index contributed by atoms with van der Waals surface area (Å²) in [5.41, 5.74) is 0.561. The van der Waals surface area contributed by atoms with Crippen molar-refractivity contribution in [1.29, 1.82) is 0 Å². The number of nitrogens with zero attached hydrogens (tertiary/aromatic N) is 1. The zero-order valence-electron chi connectivity index (χ0n) is 12.0. The Labute approximate surface area is 128 Å². The minimum atomic E-state index is -3.70. The van der Waals surface area contributed by atoms with E-state index in [-0.39, 0.29) is 22.3 Å². The molecule has 1 fully saturated rings. The molecule has 8 heteroatoms. The maximum atomic E-state index is 12.8. The summed E-state index contributed by atoms with van der Waals surface area (Å²) in [4.78, 5) is 11.9. The molecule has 0 saturated carbocycles. The van der Waals surface area contributed by atoms with Gasteiger partial charge in [-0.3, -0.25) is 0 Å². The molecule has 1 unspecified atom stereocenters. The molecule has 0 radical (unpaired) electrons. The summed E-state index contributed by atoms with van der Waals surface area (Å²) in [5, 5.41) is 10.6. The fourth-order valence-electron chi connectivity index (χ4n) is 2.55. The Balaban J connectivity index is 2.33. The Kier molecular flexibility index (Phi) is 5.03. The van der Waals surface area contributed by atoms with E-state index in [1.54, 1.807) is 12.3 Å². The molecular formula is C13H19NO5S2. The van der Waals surface area contributed by atoms with E-state index in [1.165, 1.54) is 11.4 Å². The molecule has 0 bridgehead atoms. The number of hydrogen-bond donors (Lipinski definition) is 1. The molecular weight excluding hydrogens is 314 g/mol. The van der Waals surface area contributed by atoms with Gasteiger partial charge in [-0.15, -0.1) is 11.3 Å². The van der Waals surface area contributed by atoms with Crippen LogP contribution < -0.4 is 0 Å². The zero-order chi connectivity index (χ0) is 15.6. The summed E-state index contributed by atoms with van der Waals surface area (Å²) in [7, 11) is -2.46. The number of aryl methyl sites for hydroxylation is 1. The second-order valence-corrected chi connectivity index (χ2v) is 7.85. The van der Waals surface area contributed by atoms with Crippen LogP contribution in [0.5, 0.6) is 0 Å². The Morgan fingerprint density at radius 3 is 2.90 bits per heavy atom. The Morgan fingerprint density at radius 2 is 2.29 bits per heavy atom. The fraction of sp³-hybridized carbons (Fsp3) is 0.615. The van der Waals surface area contributed by atoms with Crippen molar-refractivity contribution in [2.24, 2.45) is 5.92 Å². The molecule has 2 heterocycles. The molecule has 21 heavy (non-hydrogen) atoms. The molecule has 1 aromatic rings. The number of ether oxygens (including phenoxy) is 1. The number of aliphatic hydroxyl groups excluding tert-OH is 1. The van der Waals surface area contributed by atoms with E-state index in [9.17, 15) is 13.2 Å². The molecule has 6 nitrogen and oxygen atoms in total. The van der Waals surface area contributed by atoms with Gasteiger partial charge in [0.2, 0.25) is 10.0 Å². The Bertz CT molecular complexity index is 623. The monoisotopic (exact) mass is 333 g/mol. The molecule has 0 amide bonds. The summed E-state index contributed by atoms with van der Waals surface area (Å²) in [6.07, 6.45) is 1.33. The van der Waals surface area contributed by atoms with Gasteiger partial charge in [-0.2, -0.15) is 4.31 Å². The molecule has 1 saturated heterocycles. The third-order valence-corrected chi connectivity index (χ3v) is 6.93. The van der Waals surface area contributed by atoms with E-state index in [1.807, 2.05) is 0 Å². The van der Waals surface area contributed by atoms with E-state index in [0.29, 0.717) is 25.1 Å². The van der Waals surface area contributed by atoms with E-state index in [2.05, 4.69) is 4.74 Å². The molecule has 118 valence electrons. The number of methoxy groups -OCH3 is 1.